The molecular formula is C20H33N3O3S2. The number of anilines is 1. The average Bonchev–Trinajstić information content (AvgIpc) is 2.98. The first-order chi connectivity index (χ1) is 13.1. The van der Waals surface area contributed by atoms with Crippen LogP contribution in [0.3, 0.4) is 0 Å². The number of ether oxygens (including phenoxy) is 1. The molecule has 8 heteroatoms. The van der Waals surface area contributed by atoms with Crippen molar-refractivity contribution < 1.29 is 13.2 Å². The van der Waals surface area contributed by atoms with Gasteiger partial charge in [0.2, 0.25) is 0 Å². The third-order valence-electron chi connectivity index (χ3n) is 5.18. The van der Waals surface area contributed by atoms with Gasteiger partial charge in [0.05, 0.1) is 18.6 Å². The van der Waals surface area contributed by atoms with Gasteiger partial charge in [0, 0.05) is 36.9 Å². The minimum atomic E-state index is -2.99. The Bertz CT molecular complexity index is 740. The maximum Gasteiger partial charge on any atom is 0.173 e. The molecule has 0 radical (unpaired) electrons. The van der Waals surface area contributed by atoms with Gasteiger partial charge in [0.1, 0.15) is 5.75 Å². The van der Waals surface area contributed by atoms with Crippen LogP contribution in [0.25, 0.3) is 0 Å². The zero-order valence-electron chi connectivity index (χ0n) is 17.5. The lowest BCUT2D eigenvalue weighted by Gasteiger charge is -2.36. The third kappa shape index (κ3) is 6.32. The molecule has 0 spiro atoms. The predicted octanol–water partition coefficient (Wildman–Crippen LogP) is 3.00. The molecule has 158 valence electrons. The zero-order chi connectivity index (χ0) is 20.9. The molecule has 6 nitrogen and oxygen atoms in total. The van der Waals surface area contributed by atoms with Crippen molar-refractivity contribution in [3.05, 3.63) is 24.3 Å². The van der Waals surface area contributed by atoms with Crippen LogP contribution in [0.1, 0.15) is 34.1 Å². The summed E-state index contributed by atoms with van der Waals surface area (Å²) in [5.41, 5.74) is 0.862. The number of sulfone groups is 1. The Morgan fingerprint density at radius 1 is 1.18 bits per heavy atom. The van der Waals surface area contributed by atoms with Gasteiger partial charge < -0.3 is 15.0 Å². The van der Waals surface area contributed by atoms with Crippen LogP contribution in [0.5, 0.6) is 5.75 Å². The van der Waals surface area contributed by atoms with Crippen LogP contribution in [-0.2, 0) is 9.84 Å². The SMILES string of the molecule is COc1ccc(NC(=S)N(CCN(C(C)C)C(C)C)[C@H]2CCS(=O)(=O)C2)cc1. The molecule has 1 aliphatic rings. The topological polar surface area (TPSA) is 61.9 Å². The molecule has 28 heavy (non-hydrogen) atoms. The zero-order valence-corrected chi connectivity index (χ0v) is 19.1. The second-order valence-corrected chi connectivity index (χ2v) is 10.4. The van der Waals surface area contributed by atoms with Gasteiger partial charge in [0.15, 0.2) is 14.9 Å². The van der Waals surface area contributed by atoms with Crippen LogP contribution in [0.2, 0.25) is 0 Å². The number of hydrogen-bond donors (Lipinski definition) is 1. The van der Waals surface area contributed by atoms with E-state index in [9.17, 15) is 8.42 Å². The molecule has 1 atom stereocenters. The minimum Gasteiger partial charge on any atom is -0.497 e. The van der Waals surface area contributed by atoms with E-state index < -0.39 is 9.84 Å². The van der Waals surface area contributed by atoms with E-state index in [4.69, 9.17) is 17.0 Å². The highest BCUT2D eigenvalue weighted by Crippen LogP contribution is 2.21. The fraction of sp³-hybridized carbons (Fsp3) is 0.650. The molecule has 1 aliphatic heterocycles. The molecular weight excluding hydrogens is 394 g/mol. The summed E-state index contributed by atoms with van der Waals surface area (Å²) in [5, 5.41) is 3.84. The molecule has 0 bridgehead atoms. The summed E-state index contributed by atoms with van der Waals surface area (Å²) in [6, 6.07) is 8.30. The second-order valence-electron chi connectivity index (χ2n) is 7.83. The largest absolute Gasteiger partial charge is 0.497 e. The van der Waals surface area contributed by atoms with Crippen molar-refractivity contribution in [2.45, 2.75) is 52.2 Å². The maximum atomic E-state index is 12.0. The van der Waals surface area contributed by atoms with Crippen LogP contribution in [0, 0.1) is 0 Å². The highest BCUT2D eigenvalue weighted by atomic mass is 32.2. The van der Waals surface area contributed by atoms with Crippen molar-refractivity contribution in [2.24, 2.45) is 0 Å². The first-order valence-electron chi connectivity index (χ1n) is 9.81. The first-order valence-corrected chi connectivity index (χ1v) is 12.0. The number of rotatable bonds is 8. The molecule has 0 aliphatic carbocycles. The molecule has 1 N–H and O–H groups in total. The van der Waals surface area contributed by atoms with Gasteiger partial charge in [-0.2, -0.15) is 0 Å². The van der Waals surface area contributed by atoms with Gasteiger partial charge >= 0.3 is 0 Å². The lowest BCUT2D eigenvalue weighted by Crippen LogP contribution is -2.49. The minimum absolute atomic E-state index is 0.0792. The summed E-state index contributed by atoms with van der Waals surface area (Å²) >= 11 is 5.68. The Labute approximate surface area is 175 Å². The lowest BCUT2D eigenvalue weighted by molar-refractivity contribution is 0.155. The van der Waals surface area contributed by atoms with Crippen LogP contribution in [0.15, 0.2) is 24.3 Å². The molecule has 1 fully saturated rings. The van der Waals surface area contributed by atoms with Gasteiger partial charge in [-0.3, -0.25) is 4.90 Å². The summed E-state index contributed by atoms with van der Waals surface area (Å²) < 4.78 is 29.3. The summed E-state index contributed by atoms with van der Waals surface area (Å²) in [5.74, 6) is 1.18. The van der Waals surface area contributed by atoms with Crippen molar-refractivity contribution >= 4 is 32.9 Å². The number of thiocarbonyl (C=S) groups is 1. The number of methoxy groups -OCH3 is 1. The maximum absolute atomic E-state index is 12.0. The molecule has 1 aromatic rings. The molecule has 1 saturated heterocycles. The number of hydrogen-bond acceptors (Lipinski definition) is 5. The van der Waals surface area contributed by atoms with Crippen LogP contribution in [0.4, 0.5) is 5.69 Å². The van der Waals surface area contributed by atoms with E-state index in [1.165, 1.54) is 0 Å². The molecule has 0 unspecified atom stereocenters. The van der Waals surface area contributed by atoms with Crippen molar-refractivity contribution in [1.82, 2.24) is 9.80 Å². The van der Waals surface area contributed by atoms with Crippen LogP contribution in [-0.4, -0.2) is 73.2 Å². The normalized spacial score (nSPS) is 18.6. The second kappa shape index (κ2) is 9.89. The van der Waals surface area contributed by atoms with E-state index in [0.29, 0.717) is 30.2 Å². The van der Waals surface area contributed by atoms with Gasteiger partial charge in [-0.05, 0) is 70.6 Å². The molecule has 2 rings (SSSR count). The van der Waals surface area contributed by atoms with E-state index in [-0.39, 0.29) is 17.5 Å². The summed E-state index contributed by atoms with van der Waals surface area (Å²) in [6.07, 6.45) is 0.621. The van der Waals surface area contributed by atoms with E-state index in [1.54, 1.807) is 7.11 Å². The summed E-state index contributed by atoms with van der Waals surface area (Å²) in [4.78, 5) is 4.45. The van der Waals surface area contributed by atoms with Crippen molar-refractivity contribution in [1.29, 1.82) is 0 Å². The Morgan fingerprint density at radius 2 is 1.79 bits per heavy atom. The number of benzene rings is 1. The fourth-order valence-electron chi connectivity index (χ4n) is 3.68. The number of nitrogens with zero attached hydrogens (tertiary/aromatic N) is 2. The molecule has 1 aromatic carbocycles. The van der Waals surface area contributed by atoms with Crippen molar-refractivity contribution in [2.75, 3.05) is 37.0 Å². The Kier molecular flexibility index (Phi) is 8.09. The molecule has 0 amide bonds. The predicted molar refractivity (Wildman–Crippen MR) is 120 cm³/mol. The average molecular weight is 428 g/mol. The van der Waals surface area contributed by atoms with Crippen molar-refractivity contribution in [3.8, 4) is 5.75 Å². The number of nitrogens with one attached hydrogen (secondary N) is 1. The smallest absolute Gasteiger partial charge is 0.173 e. The standard InChI is InChI=1S/C20H33N3O3S2/c1-15(2)22(16(3)4)11-12-23(18-10-13-28(24,25)14-18)20(27)21-17-6-8-19(26-5)9-7-17/h6-9,15-16,18H,10-14H2,1-5H3,(H,21,27)/t18-/m0/s1. The molecule has 1 heterocycles. The van der Waals surface area contributed by atoms with Gasteiger partial charge in [-0.1, -0.05) is 0 Å². The first kappa shape index (κ1) is 22.9. The van der Waals surface area contributed by atoms with Crippen LogP contribution >= 0.6 is 12.2 Å². The summed E-state index contributed by atoms with van der Waals surface area (Å²) in [6.45, 7) is 10.2. The van der Waals surface area contributed by atoms with Gasteiger partial charge in [-0.15, -0.1) is 0 Å². The lowest BCUT2D eigenvalue weighted by atomic mass is 10.2. The Balaban J connectivity index is 2.13. The third-order valence-corrected chi connectivity index (χ3v) is 7.26. The molecule has 0 saturated carbocycles. The van der Waals surface area contributed by atoms with E-state index in [2.05, 4.69) is 42.8 Å². The highest BCUT2D eigenvalue weighted by Gasteiger charge is 2.33. The van der Waals surface area contributed by atoms with Gasteiger partial charge in [-0.25, -0.2) is 8.42 Å². The molecule has 0 aromatic heterocycles. The van der Waals surface area contributed by atoms with Gasteiger partial charge in [0.25, 0.3) is 0 Å². The Hall–Kier alpha value is -1.38. The van der Waals surface area contributed by atoms with Crippen molar-refractivity contribution in [3.63, 3.8) is 0 Å². The highest BCUT2D eigenvalue weighted by molar-refractivity contribution is 7.91. The quantitative estimate of drug-likeness (QED) is 0.640. The van der Waals surface area contributed by atoms with E-state index in [0.717, 1.165) is 18.0 Å². The van der Waals surface area contributed by atoms with E-state index >= 15 is 0 Å². The monoisotopic (exact) mass is 427 g/mol. The van der Waals surface area contributed by atoms with E-state index in [1.807, 2.05) is 24.3 Å². The fourth-order valence-corrected chi connectivity index (χ4v) is 5.77. The summed E-state index contributed by atoms with van der Waals surface area (Å²) in [7, 11) is -1.36. The van der Waals surface area contributed by atoms with Crippen LogP contribution < -0.4 is 10.1 Å². The Morgan fingerprint density at radius 3 is 2.25 bits per heavy atom.